The van der Waals surface area contributed by atoms with Crippen molar-refractivity contribution in [1.29, 1.82) is 0 Å². The Morgan fingerprint density at radius 3 is 2.60 bits per heavy atom. The van der Waals surface area contributed by atoms with E-state index in [0.29, 0.717) is 59.9 Å². The lowest BCUT2D eigenvalue weighted by Crippen LogP contribution is -2.50. The maximum atomic E-state index is 13.0. The quantitative estimate of drug-likeness (QED) is 0.404. The summed E-state index contributed by atoms with van der Waals surface area (Å²) in [6.45, 7) is 2.56. The Morgan fingerprint density at radius 1 is 1.14 bits per heavy atom. The third-order valence-corrected chi connectivity index (χ3v) is 6.35. The van der Waals surface area contributed by atoms with Crippen molar-refractivity contribution in [3.8, 4) is 17.2 Å². The zero-order valence-electron chi connectivity index (χ0n) is 19.1. The first-order valence-electron chi connectivity index (χ1n) is 11.3. The fourth-order valence-corrected chi connectivity index (χ4v) is 4.33. The van der Waals surface area contributed by atoms with Crippen molar-refractivity contribution in [2.45, 2.75) is 31.9 Å². The summed E-state index contributed by atoms with van der Waals surface area (Å²) in [4.78, 5) is 31.9. The molecule has 1 fully saturated rings. The van der Waals surface area contributed by atoms with Crippen LogP contribution in [0.15, 0.2) is 59.5 Å². The van der Waals surface area contributed by atoms with Crippen LogP contribution in [0.1, 0.15) is 29.0 Å². The van der Waals surface area contributed by atoms with Crippen molar-refractivity contribution in [2.75, 3.05) is 13.1 Å². The second-order valence-corrected chi connectivity index (χ2v) is 8.82. The molecule has 0 unspecified atom stereocenters. The van der Waals surface area contributed by atoms with Crippen molar-refractivity contribution in [3.63, 3.8) is 0 Å². The number of benzene rings is 2. The average molecular weight is 476 g/mol. The maximum Gasteiger partial charge on any atom is 0.264 e. The predicted octanol–water partition coefficient (Wildman–Crippen LogP) is 2.59. The molecule has 0 bridgehead atoms. The number of hydrogen-bond donors (Lipinski definition) is 3. The zero-order chi connectivity index (χ0) is 24.6. The smallest absolute Gasteiger partial charge is 0.264 e. The topological polar surface area (TPSA) is 134 Å². The van der Waals surface area contributed by atoms with Gasteiger partial charge in [-0.2, -0.15) is 5.10 Å². The number of aromatic amines is 1. The molecule has 2 aromatic carbocycles. The molecule has 10 nitrogen and oxygen atoms in total. The molecule has 0 spiro atoms. The van der Waals surface area contributed by atoms with Crippen LogP contribution in [-0.4, -0.2) is 59.5 Å². The Bertz CT molecular complexity index is 1430. The van der Waals surface area contributed by atoms with Gasteiger partial charge in [0, 0.05) is 24.7 Å². The number of carbonyl (C=O) groups is 1. The summed E-state index contributed by atoms with van der Waals surface area (Å²) in [6.07, 6.45) is 2.12. The summed E-state index contributed by atoms with van der Waals surface area (Å²) < 4.78 is 7.18. The number of phenolic OH excluding ortho intramolecular Hbond substituents is 1. The van der Waals surface area contributed by atoms with Gasteiger partial charge in [-0.3, -0.25) is 19.3 Å². The van der Waals surface area contributed by atoms with E-state index < -0.39 is 5.60 Å². The lowest BCUT2D eigenvalue weighted by atomic mass is 9.90. The van der Waals surface area contributed by atoms with Gasteiger partial charge in [-0.1, -0.05) is 6.07 Å². The molecular weight excluding hydrogens is 450 g/mol. The number of nitrogens with zero attached hydrogens (tertiary/aromatic N) is 4. The summed E-state index contributed by atoms with van der Waals surface area (Å²) in [7, 11) is 0. The van der Waals surface area contributed by atoms with E-state index in [-0.39, 0.29) is 23.8 Å². The number of aryl methyl sites for hydroxylation is 1. The average Bonchev–Trinajstić information content (AvgIpc) is 3.31. The number of likely N-dealkylation sites (tertiary alicyclic amines) is 1. The normalized spacial score (nSPS) is 15.3. The van der Waals surface area contributed by atoms with Gasteiger partial charge in [0.25, 0.3) is 11.5 Å². The number of ether oxygens (including phenoxy) is 1. The van der Waals surface area contributed by atoms with Gasteiger partial charge >= 0.3 is 0 Å². The third kappa shape index (κ3) is 4.60. The zero-order valence-corrected chi connectivity index (χ0v) is 19.1. The van der Waals surface area contributed by atoms with E-state index >= 15 is 0 Å². The van der Waals surface area contributed by atoms with Crippen molar-refractivity contribution in [3.05, 3.63) is 76.5 Å². The molecule has 1 amide bonds. The minimum atomic E-state index is -1.12. The fraction of sp³-hybridized carbons (Fsp3) is 0.280. The van der Waals surface area contributed by atoms with Gasteiger partial charge in [0.15, 0.2) is 5.65 Å². The number of rotatable bonds is 5. The first kappa shape index (κ1) is 22.6. The number of hydrogen-bond acceptors (Lipinski definition) is 7. The van der Waals surface area contributed by atoms with Crippen LogP contribution >= 0.6 is 0 Å². The van der Waals surface area contributed by atoms with Crippen molar-refractivity contribution in [2.24, 2.45) is 0 Å². The molecule has 180 valence electrons. The summed E-state index contributed by atoms with van der Waals surface area (Å²) in [5.74, 6) is 1.51. The molecule has 35 heavy (non-hydrogen) atoms. The molecule has 0 aliphatic carbocycles. The number of amides is 1. The van der Waals surface area contributed by atoms with E-state index in [9.17, 15) is 19.8 Å². The third-order valence-electron chi connectivity index (χ3n) is 6.35. The summed E-state index contributed by atoms with van der Waals surface area (Å²) in [5.41, 5.74) is -0.431. The molecule has 2 aromatic heterocycles. The SMILES string of the molecule is Cc1nc2[nH]ncc2c(=O)n1CC1(O)CCN(C(=O)c2ccc(Oc3cccc(O)c3)cc2)CC1. The Morgan fingerprint density at radius 2 is 1.89 bits per heavy atom. The van der Waals surface area contributed by atoms with Crippen LogP contribution in [0.2, 0.25) is 0 Å². The van der Waals surface area contributed by atoms with Gasteiger partial charge in [0.1, 0.15) is 28.5 Å². The van der Waals surface area contributed by atoms with E-state index in [1.165, 1.54) is 16.8 Å². The van der Waals surface area contributed by atoms with Crippen LogP contribution < -0.4 is 10.3 Å². The largest absolute Gasteiger partial charge is 0.508 e. The van der Waals surface area contributed by atoms with Crippen LogP contribution in [-0.2, 0) is 6.54 Å². The Kier molecular flexibility index (Phi) is 5.73. The van der Waals surface area contributed by atoms with E-state index in [4.69, 9.17) is 4.74 Å². The Hall–Kier alpha value is -4.18. The summed E-state index contributed by atoms with van der Waals surface area (Å²) in [6, 6.07) is 13.3. The van der Waals surface area contributed by atoms with Crippen LogP contribution in [0.3, 0.4) is 0 Å². The highest BCUT2D eigenvalue weighted by atomic mass is 16.5. The van der Waals surface area contributed by atoms with Gasteiger partial charge < -0.3 is 19.8 Å². The second-order valence-electron chi connectivity index (χ2n) is 8.82. The number of nitrogens with one attached hydrogen (secondary N) is 1. The molecule has 0 radical (unpaired) electrons. The predicted molar refractivity (Wildman–Crippen MR) is 128 cm³/mol. The molecule has 3 N–H and O–H groups in total. The number of H-pyrrole nitrogens is 1. The van der Waals surface area contributed by atoms with Crippen molar-refractivity contribution >= 4 is 16.9 Å². The molecule has 0 saturated carbocycles. The number of aliphatic hydroxyl groups is 1. The van der Waals surface area contributed by atoms with E-state index in [0.717, 1.165) is 0 Å². The van der Waals surface area contributed by atoms with Gasteiger partial charge in [0.2, 0.25) is 0 Å². The number of fused-ring (bicyclic) bond motifs is 1. The maximum absolute atomic E-state index is 13.0. The molecule has 10 heteroatoms. The van der Waals surface area contributed by atoms with Crippen LogP contribution in [0, 0.1) is 6.92 Å². The summed E-state index contributed by atoms with van der Waals surface area (Å²) >= 11 is 0. The molecule has 3 heterocycles. The van der Waals surface area contributed by atoms with Crippen LogP contribution in [0.4, 0.5) is 0 Å². The lowest BCUT2D eigenvalue weighted by molar-refractivity contribution is -0.0303. The first-order chi connectivity index (χ1) is 16.8. The number of carbonyl (C=O) groups excluding carboxylic acids is 1. The minimum absolute atomic E-state index is 0.106. The van der Waals surface area contributed by atoms with Gasteiger partial charge in [-0.25, -0.2) is 4.98 Å². The standard InChI is InChI=1S/C25H25N5O5/c1-16-27-22-21(14-26-28-22)24(33)30(16)15-25(34)9-11-29(12-10-25)23(32)17-5-7-19(8-6-17)35-20-4-2-3-18(31)13-20/h2-8,13-14,31,34H,9-12,15H2,1H3,(H,26,28). The van der Waals surface area contributed by atoms with Crippen LogP contribution in [0.25, 0.3) is 11.0 Å². The fourth-order valence-electron chi connectivity index (χ4n) is 4.33. The minimum Gasteiger partial charge on any atom is -0.508 e. The molecule has 1 aliphatic heterocycles. The molecule has 5 rings (SSSR count). The van der Waals surface area contributed by atoms with Gasteiger partial charge in [-0.05, 0) is 56.2 Å². The van der Waals surface area contributed by atoms with Crippen molar-refractivity contribution < 1.29 is 19.7 Å². The van der Waals surface area contributed by atoms with Gasteiger partial charge in [-0.15, -0.1) is 0 Å². The monoisotopic (exact) mass is 475 g/mol. The molecule has 0 atom stereocenters. The van der Waals surface area contributed by atoms with E-state index in [1.807, 2.05) is 0 Å². The van der Waals surface area contributed by atoms with E-state index in [1.54, 1.807) is 54.3 Å². The molecule has 4 aromatic rings. The highest BCUT2D eigenvalue weighted by Gasteiger charge is 2.35. The van der Waals surface area contributed by atoms with Crippen molar-refractivity contribution in [1.82, 2.24) is 24.6 Å². The highest BCUT2D eigenvalue weighted by Crippen LogP contribution is 2.27. The number of piperidine rings is 1. The molecular formula is C25H25N5O5. The second kappa shape index (κ2) is 8.88. The van der Waals surface area contributed by atoms with Gasteiger partial charge in [0.05, 0.1) is 18.3 Å². The number of aromatic hydroxyl groups is 1. The number of phenols is 1. The van der Waals surface area contributed by atoms with E-state index in [2.05, 4.69) is 15.2 Å². The van der Waals surface area contributed by atoms with Crippen LogP contribution in [0.5, 0.6) is 17.2 Å². The molecule has 1 saturated heterocycles. The Balaban J connectivity index is 1.23. The molecule has 1 aliphatic rings. The first-order valence-corrected chi connectivity index (χ1v) is 11.3. The number of aromatic nitrogens is 4. The summed E-state index contributed by atoms with van der Waals surface area (Å²) in [5, 5.41) is 27.7. The Labute approximate surface area is 200 Å². The lowest BCUT2D eigenvalue weighted by Gasteiger charge is -2.38. The highest BCUT2D eigenvalue weighted by molar-refractivity contribution is 5.94.